The third-order valence-corrected chi connectivity index (χ3v) is 3.61. The molecule has 0 bridgehead atoms. The molecule has 1 aliphatic rings. The number of carboxylic acids is 1. The average Bonchev–Trinajstić information content (AvgIpc) is 2.38. The zero-order valence-corrected chi connectivity index (χ0v) is 8.10. The molecule has 0 amide bonds. The molecule has 0 saturated heterocycles. The largest absolute Gasteiger partial charge is 0.481 e. The fourth-order valence-corrected chi connectivity index (χ4v) is 3.16. The molecule has 0 saturated carbocycles. The molecular formula is C8H9NO4S. The maximum absolute atomic E-state index is 11.1. The Bertz CT molecular complexity index is 456. The Morgan fingerprint density at radius 2 is 2.21 bits per heavy atom. The van der Waals surface area contributed by atoms with Crippen LogP contribution in [-0.2, 0) is 32.6 Å². The van der Waals surface area contributed by atoms with Gasteiger partial charge in [0, 0.05) is 11.4 Å². The smallest absolute Gasteiger partial charge is 0.309 e. The third-order valence-electron chi connectivity index (χ3n) is 2.13. The second kappa shape index (κ2) is 2.84. The number of hydrogen-bond donors (Lipinski definition) is 2. The standard InChI is InChI=1S/C8H9NO4S/c10-8(11)2-6-1-5-3-14(12,13)4-7(5)9-6/h1,9H,2-4H2,(H,10,11). The Morgan fingerprint density at radius 1 is 1.50 bits per heavy atom. The van der Waals surface area contributed by atoms with Crippen molar-refractivity contribution in [3.63, 3.8) is 0 Å². The summed E-state index contributed by atoms with van der Waals surface area (Å²) in [5.41, 5.74) is 1.92. The molecule has 5 nitrogen and oxygen atoms in total. The molecule has 0 unspecified atom stereocenters. The van der Waals surface area contributed by atoms with Gasteiger partial charge in [-0.15, -0.1) is 0 Å². The zero-order chi connectivity index (χ0) is 10.3. The summed E-state index contributed by atoms with van der Waals surface area (Å²) < 4.78 is 22.3. The van der Waals surface area contributed by atoms with Gasteiger partial charge in [0.15, 0.2) is 9.84 Å². The van der Waals surface area contributed by atoms with Crippen molar-refractivity contribution in [3.8, 4) is 0 Å². The van der Waals surface area contributed by atoms with E-state index >= 15 is 0 Å². The van der Waals surface area contributed by atoms with Crippen molar-refractivity contribution >= 4 is 15.8 Å². The van der Waals surface area contributed by atoms with Crippen LogP contribution in [0.25, 0.3) is 0 Å². The minimum Gasteiger partial charge on any atom is -0.481 e. The van der Waals surface area contributed by atoms with Gasteiger partial charge >= 0.3 is 5.97 Å². The van der Waals surface area contributed by atoms with Crippen LogP contribution < -0.4 is 0 Å². The number of aliphatic carboxylic acids is 1. The first kappa shape index (κ1) is 9.26. The summed E-state index contributed by atoms with van der Waals surface area (Å²) in [6, 6.07) is 1.62. The summed E-state index contributed by atoms with van der Waals surface area (Å²) >= 11 is 0. The molecule has 76 valence electrons. The molecule has 0 atom stereocenters. The van der Waals surface area contributed by atoms with Gasteiger partial charge in [0.25, 0.3) is 0 Å². The first-order valence-corrected chi connectivity index (χ1v) is 5.90. The summed E-state index contributed by atoms with van der Waals surface area (Å²) in [5, 5.41) is 8.52. The van der Waals surface area contributed by atoms with Crippen molar-refractivity contribution in [2.24, 2.45) is 0 Å². The van der Waals surface area contributed by atoms with Crippen LogP contribution in [0.1, 0.15) is 17.0 Å². The van der Waals surface area contributed by atoms with Gasteiger partial charge in [-0.3, -0.25) is 4.79 Å². The quantitative estimate of drug-likeness (QED) is 0.730. The van der Waals surface area contributed by atoms with Crippen LogP contribution in [0.15, 0.2) is 6.07 Å². The lowest BCUT2D eigenvalue weighted by molar-refractivity contribution is -0.136. The molecule has 2 heterocycles. The van der Waals surface area contributed by atoms with Crippen LogP contribution in [0.3, 0.4) is 0 Å². The fraction of sp³-hybridized carbons (Fsp3) is 0.375. The van der Waals surface area contributed by atoms with Crippen molar-refractivity contribution in [1.29, 1.82) is 0 Å². The van der Waals surface area contributed by atoms with Crippen LogP contribution in [0.4, 0.5) is 0 Å². The van der Waals surface area contributed by atoms with E-state index in [2.05, 4.69) is 4.98 Å². The highest BCUT2D eigenvalue weighted by molar-refractivity contribution is 7.90. The molecule has 6 heteroatoms. The SMILES string of the molecule is O=C(O)Cc1cc2c([nH]1)CS(=O)(=O)C2. The molecule has 2 rings (SSSR count). The number of hydrogen-bond acceptors (Lipinski definition) is 3. The molecule has 0 fully saturated rings. The maximum atomic E-state index is 11.1. The van der Waals surface area contributed by atoms with Gasteiger partial charge in [0.05, 0.1) is 17.9 Å². The molecule has 0 radical (unpaired) electrons. The van der Waals surface area contributed by atoms with Gasteiger partial charge in [-0.1, -0.05) is 0 Å². The van der Waals surface area contributed by atoms with Gasteiger partial charge in [-0.05, 0) is 11.6 Å². The highest BCUT2D eigenvalue weighted by atomic mass is 32.2. The monoisotopic (exact) mass is 215 g/mol. The van der Waals surface area contributed by atoms with Gasteiger partial charge in [0.2, 0.25) is 0 Å². The predicted octanol–water partition coefficient (Wildman–Crippen LogP) is 0.0702. The van der Waals surface area contributed by atoms with E-state index in [1.54, 1.807) is 6.07 Å². The van der Waals surface area contributed by atoms with Crippen LogP contribution in [-0.4, -0.2) is 24.5 Å². The normalized spacial score (nSPS) is 18.0. The summed E-state index contributed by atoms with van der Waals surface area (Å²) in [6.07, 6.45) is -0.0902. The van der Waals surface area contributed by atoms with Crippen LogP contribution >= 0.6 is 0 Å². The van der Waals surface area contributed by atoms with E-state index in [0.29, 0.717) is 17.0 Å². The number of H-pyrrole nitrogens is 1. The molecule has 0 spiro atoms. The number of nitrogens with one attached hydrogen (secondary N) is 1. The maximum Gasteiger partial charge on any atom is 0.309 e. The van der Waals surface area contributed by atoms with Gasteiger partial charge < -0.3 is 10.1 Å². The predicted molar refractivity (Wildman–Crippen MR) is 48.5 cm³/mol. The zero-order valence-electron chi connectivity index (χ0n) is 7.28. The van der Waals surface area contributed by atoms with E-state index < -0.39 is 15.8 Å². The number of rotatable bonds is 2. The highest BCUT2D eigenvalue weighted by Gasteiger charge is 2.26. The average molecular weight is 215 g/mol. The summed E-state index contributed by atoms with van der Waals surface area (Å²) in [4.78, 5) is 13.2. The highest BCUT2D eigenvalue weighted by Crippen LogP contribution is 2.25. The first-order chi connectivity index (χ1) is 6.46. The number of aromatic amines is 1. The first-order valence-electron chi connectivity index (χ1n) is 4.08. The number of sulfone groups is 1. The topological polar surface area (TPSA) is 87.2 Å². The van der Waals surface area contributed by atoms with Gasteiger partial charge in [0.1, 0.15) is 0 Å². The lowest BCUT2D eigenvalue weighted by atomic mass is 10.2. The minimum absolute atomic E-state index is 0.00194. The Morgan fingerprint density at radius 3 is 2.79 bits per heavy atom. The summed E-state index contributed by atoms with van der Waals surface area (Å²) in [6.45, 7) is 0. The van der Waals surface area contributed by atoms with E-state index in [1.165, 1.54) is 0 Å². The minimum atomic E-state index is -2.99. The molecule has 1 aliphatic heterocycles. The molecular weight excluding hydrogens is 206 g/mol. The molecule has 0 aromatic carbocycles. The second-order valence-corrected chi connectivity index (χ2v) is 5.47. The van der Waals surface area contributed by atoms with Gasteiger partial charge in [-0.25, -0.2) is 8.42 Å². The Labute approximate surface area is 80.7 Å². The molecule has 1 aromatic heterocycles. The van der Waals surface area contributed by atoms with Crippen molar-refractivity contribution in [2.45, 2.75) is 17.9 Å². The summed E-state index contributed by atoms with van der Waals surface area (Å²) in [7, 11) is -2.99. The second-order valence-electron chi connectivity index (χ2n) is 3.40. The van der Waals surface area contributed by atoms with Gasteiger partial charge in [-0.2, -0.15) is 0 Å². The lowest BCUT2D eigenvalue weighted by Gasteiger charge is -1.93. The molecule has 0 aliphatic carbocycles. The number of carbonyl (C=O) groups is 1. The van der Waals surface area contributed by atoms with Crippen molar-refractivity contribution in [2.75, 3.05) is 0 Å². The fourth-order valence-electron chi connectivity index (χ4n) is 1.63. The number of aromatic nitrogens is 1. The van der Waals surface area contributed by atoms with E-state index in [9.17, 15) is 13.2 Å². The van der Waals surface area contributed by atoms with Crippen molar-refractivity contribution < 1.29 is 18.3 Å². The number of fused-ring (bicyclic) bond motifs is 1. The Hall–Kier alpha value is -1.30. The van der Waals surface area contributed by atoms with E-state index in [4.69, 9.17) is 5.11 Å². The Balaban J connectivity index is 2.27. The van der Waals surface area contributed by atoms with Crippen LogP contribution in [0.5, 0.6) is 0 Å². The third kappa shape index (κ3) is 1.65. The molecule has 14 heavy (non-hydrogen) atoms. The van der Waals surface area contributed by atoms with E-state index in [-0.39, 0.29) is 17.9 Å². The Kier molecular flexibility index (Phi) is 1.88. The lowest BCUT2D eigenvalue weighted by Crippen LogP contribution is -2.02. The van der Waals surface area contributed by atoms with Crippen molar-refractivity contribution in [1.82, 2.24) is 4.98 Å². The van der Waals surface area contributed by atoms with Crippen LogP contribution in [0, 0.1) is 0 Å². The molecule has 1 aromatic rings. The summed E-state index contributed by atoms with van der Waals surface area (Å²) in [5.74, 6) is -0.895. The van der Waals surface area contributed by atoms with E-state index in [0.717, 1.165) is 0 Å². The molecule has 2 N–H and O–H groups in total. The number of carboxylic acid groups (broad SMARTS) is 1. The van der Waals surface area contributed by atoms with Crippen molar-refractivity contribution in [3.05, 3.63) is 23.0 Å². The van der Waals surface area contributed by atoms with E-state index in [1.807, 2.05) is 0 Å². The van der Waals surface area contributed by atoms with Crippen LogP contribution in [0.2, 0.25) is 0 Å².